The summed E-state index contributed by atoms with van der Waals surface area (Å²) in [6.07, 6.45) is 3.50. The lowest BCUT2D eigenvalue weighted by Crippen LogP contribution is -2.08. The molecule has 0 N–H and O–H groups in total. The molecule has 0 bridgehead atoms. The molecule has 1 nitrogen and oxygen atoms in total. The highest BCUT2D eigenvalue weighted by molar-refractivity contribution is 7.88. The van der Waals surface area contributed by atoms with E-state index in [0.29, 0.717) is 0 Å². The molecule has 0 spiro atoms. The van der Waals surface area contributed by atoms with Crippen LogP contribution in [-0.2, 0) is 0 Å². The first-order valence-corrected chi connectivity index (χ1v) is 5.93. The van der Waals surface area contributed by atoms with Crippen molar-refractivity contribution in [2.45, 2.75) is 25.9 Å². The van der Waals surface area contributed by atoms with Crippen molar-refractivity contribution in [2.75, 3.05) is 0 Å². The maximum Gasteiger partial charge on any atom is 0.0784 e. The van der Waals surface area contributed by atoms with Crippen LogP contribution in [-0.4, -0.2) is 11.9 Å². The number of aliphatic imine (C=N–C) groups is 1. The van der Waals surface area contributed by atoms with Crippen molar-refractivity contribution in [3.05, 3.63) is 24.2 Å². The second-order valence-corrected chi connectivity index (χ2v) is 6.75. The van der Waals surface area contributed by atoms with Crippen LogP contribution in [0.1, 0.15) is 20.8 Å². The topological polar surface area (TPSA) is 12.4 Å². The van der Waals surface area contributed by atoms with Gasteiger partial charge in [-0.3, -0.25) is 4.99 Å². The van der Waals surface area contributed by atoms with Gasteiger partial charge in [-0.25, -0.2) is 0 Å². The van der Waals surface area contributed by atoms with Gasteiger partial charge >= 0.3 is 0 Å². The van der Waals surface area contributed by atoms with Crippen LogP contribution in [0.15, 0.2) is 29.2 Å². The van der Waals surface area contributed by atoms with Gasteiger partial charge in [-0.1, -0.05) is 44.7 Å². The van der Waals surface area contributed by atoms with Crippen molar-refractivity contribution >= 4 is 25.2 Å². The van der Waals surface area contributed by atoms with Gasteiger partial charge in [0.1, 0.15) is 0 Å². The highest BCUT2D eigenvalue weighted by Gasteiger charge is 2.25. The molecule has 0 aromatic rings. The van der Waals surface area contributed by atoms with Gasteiger partial charge in [-0.15, -0.1) is 0 Å². The minimum Gasteiger partial charge on any atom is -0.263 e. The zero-order chi connectivity index (χ0) is 9.78. The van der Waals surface area contributed by atoms with E-state index in [2.05, 4.69) is 39.1 Å². The zero-order valence-corrected chi connectivity index (χ0v) is 9.49. The Morgan fingerprint density at radius 1 is 1.50 bits per heavy atom. The molecular weight excluding hydrogens is 189 g/mol. The molecule has 0 amide bonds. The summed E-state index contributed by atoms with van der Waals surface area (Å²) in [7, 11) is -0.758. The van der Waals surface area contributed by atoms with Gasteiger partial charge in [0.05, 0.1) is 5.44 Å². The molecule has 0 rings (SSSR count). The lowest BCUT2D eigenvalue weighted by Gasteiger charge is -2.24. The van der Waals surface area contributed by atoms with Crippen molar-refractivity contribution in [1.82, 2.24) is 0 Å². The molecule has 0 aliphatic heterocycles. The number of rotatable bonds is 3. The number of hydrogen-bond acceptors (Lipinski definition) is 1. The van der Waals surface area contributed by atoms with Crippen LogP contribution in [0.25, 0.3) is 0 Å². The molecular formula is C9H15ClNP. The van der Waals surface area contributed by atoms with E-state index in [4.69, 9.17) is 11.2 Å². The van der Waals surface area contributed by atoms with Gasteiger partial charge in [-0.05, 0) is 12.8 Å². The van der Waals surface area contributed by atoms with Crippen LogP contribution in [0.5, 0.6) is 0 Å². The van der Waals surface area contributed by atoms with E-state index in [-0.39, 0.29) is 5.16 Å². The smallest absolute Gasteiger partial charge is 0.0784 e. The summed E-state index contributed by atoms with van der Waals surface area (Å²) >= 11 is 6.22. The van der Waals surface area contributed by atoms with E-state index >= 15 is 0 Å². The van der Waals surface area contributed by atoms with E-state index in [9.17, 15) is 0 Å². The van der Waals surface area contributed by atoms with Crippen molar-refractivity contribution in [2.24, 2.45) is 4.99 Å². The number of allylic oxidation sites excluding steroid dienone is 2. The number of hydrogen-bond donors (Lipinski definition) is 0. The molecule has 0 aromatic heterocycles. The molecule has 0 aliphatic carbocycles. The first-order valence-electron chi connectivity index (χ1n) is 3.69. The normalized spacial score (nSPS) is 15.5. The van der Waals surface area contributed by atoms with Crippen LogP contribution in [0.2, 0.25) is 0 Å². The maximum absolute atomic E-state index is 6.22. The first-order chi connectivity index (χ1) is 5.43. The molecule has 0 fully saturated rings. The fourth-order valence-corrected chi connectivity index (χ4v) is 2.01. The van der Waals surface area contributed by atoms with Gasteiger partial charge in [0.25, 0.3) is 0 Å². The van der Waals surface area contributed by atoms with Gasteiger partial charge in [0, 0.05) is 12.4 Å². The summed E-state index contributed by atoms with van der Waals surface area (Å²) in [5.41, 5.74) is 0.842. The van der Waals surface area contributed by atoms with Gasteiger partial charge in [0.15, 0.2) is 0 Å². The van der Waals surface area contributed by atoms with Gasteiger partial charge < -0.3 is 0 Å². The highest BCUT2D eigenvalue weighted by Crippen LogP contribution is 2.60. The fraction of sp³-hybridized carbons (Fsp3) is 0.444. The molecule has 3 heteroatoms. The van der Waals surface area contributed by atoms with E-state index in [1.807, 2.05) is 6.08 Å². The highest BCUT2D eigenvalue weighted by atomic mass is 35.7. The van der Waals surface area contributed by atoms with Gasteiger partial charge in [-0.2, -0.15) is 0 Å². The standard InChI is InChI=1S/C9H15ClNP/c1-6-7-8(11-5)12(10)9(2,3)4/h6-7H,1,5H2,2-4H3/b8-7+. The third kappa shape index (κ3) is 3.51. The Kier molecular flexibility index (Phi) is 4.74. The Bertz CT molecular complexity index is 203. The molecule has 1 atom stereocenters. The van der Waals surface area contributed by atoms with Gasteiger partial charge in [0.2, 0.25) is 0 Å². The van der Waals surface area contributed by atoms with Crippen LogP contribution in [0.3, 0.4) is 0 Å². The molecule has 0 saturated carbocycles. The molecule has 68 valence electrons. The average molecular weight is 204 g/mol. The third-order valence-electron chi connectivity index (χ3n) is 1.22. The molecule has 0 aliphatic rings. The lowest BCUT2D eigenvalue weighted by molar-refractivity contribution is 0.793. The van der Waals surface area contributed by atoms with E-state index in [1.54, 1.807) is 6.08 Å². The average Bonchev–Trinajstić information content (AvgIpc) is 1.97. The second kappa shape index (κ2) is 4.79. The van der Waals surface area contributed by atoms with Crippen molar-refractivity contribution in [3.63, 3.8) is 0 Å². The minimum atomic E-state index is -0.758. The maximum atomic E-state index is 6.22. The summed E-state index contributed by atoms with van der Waals surface area (Å²) in [4.78, 5) is 3.88. The quantitative estimate of drug-likeness (QED) is 0.371. The van der Waals surface area contributed by atoms with E-state index in [0.717, 1.165) is 5.44 Å². The SMILES string of the molecule is C=C/C=C(\N=C)P(Cl)C(C)(C)C. The zero-order valence-electron chi connectivity index (χ0n) is 7.84. The van der Waals surface area contributed by atoms with Crippen molar-refractivity contribution in [3.8, 4) is 0 Å². The van der Waals surface area contributed by atoms with Crippen LogP contribution < -0.4 is 0 Å². The number of halogens is 1. The van der Waals surface area contributed by atoms with Crippen molar-refractivity contribution in [1.29, 1.82) is 0 Å². The second-order valence-electron chi connectivity index (χ2n) is 3.37. The predicted molar refractivity (Wildman–Crippen MR) is 60.4 cm³/mol. The van der Waals surface area contributed by atoms with Crippen molar-refractivity contribution < 1.29 is 0 Å². The molecule has 0 saturated heterocycles. The first kappa shape index (κ1) is 11.9. The largest absolute Gasteiger partial charge is 0.263 e. The van der Waals surface area contributed by atoms with Crippen LogP contribution in [0, 0.1) is 0 Å². The predicted octanol–water partition coefficient (Wildman–Crippen LogP) is 4.15. The minimum absolute atomic E-state index is 0.0624. The Balaban J connectivity index is 4.64. The summed E-state index contributed by atoms with van der Waals surface area (Å²) in [5, 5.41) is 0.0624. The Labute approximate surface area is 80.8 Å². The number of nitrogens with zero attached hydrogens (tertiary/aromatic N) is 1. The molecule has 12 heavy (non-hydrogen) atoms. The molecule has 1 unspecified atom stereocenters. The third-order valence-corrected chi connectivity index (χ3v) is 5.13. The summed E-state index contributed by atoms with van der Waals surface area (Å²) < 4.78 is 0. The summed E-state index contributed by atoms with van der Waals surface area (Å²) in [5.74, 6) is 0. The van der Waals surface area contributed by atoms with E-state index < -0.39 is 7.27 Å². The molecule has 0 aromatic carbocycles. The summed E-state index contributed by atoms with van der Waals surface area (Å²) in [6, 6.07) is 0. The van der Waals surface area contributed by atoms with Crippen LogP contribution in [0.4, 0.5) is 0 Å². The van der Waals surface area contributed by atoms with E-state index in [1.165, 1.54) is 0 Å². The summed E-state index contributed by atoms with van der Waals surface area (Å²) in [6.45, 7) is 13.4. The molecule has 0 heterocycles. The van der Waals surface area contributed by atoms with Crippen LogP contribution >= 0.6 is 18.5 Å². The fourth-order valence-electron chi connectivity index (χ4n) is 0.629. The Hall–Kier alpha value is -0.130. The monoisotopic (exact) mass is 203 g/mol. The Morgan fingerprint density at radius 2 is 2.00 bits per heavy atom. The Morgan fingerprint density at radius 3 is 2.25 bits per heavy atom. The lowest BCUT2D eigenvalue weighted by atomic mass is 10.3. The molecule has 0 radical (unpaired) electrons.